The van der Waals surface area contributed by atoms with E-state index in [0.717, 1.165) is 38.4 Å². The molecule has 5 heteroatoms. The number of rotatable bonds is 4. The molecule has 0 atom stereocenters. The van der Waals surface area contributed by atoms with Crippen molar-refractivity contribution in [1.82, 2.24) is 9.97 Å². The lowest BCUT2D eigenvalue weighted by molar-refractivity contribution is 0.483. The van der Waals surface area contributed by atoms with Crippen LogP contribution in [0.4, 0.5) is 11.5 Å². The van der Waals surface area contributed by atoms with Crippen LogP contribution in [-0.4, -0.2) is 9.97 Å². The Labute approximate surface area is 166 Å². The van der Waals surface area contributed by atoms with Gasteiger partial charge in [0.15, 0.2) is 0 Å². The van der Waals surface area contributed by atoms with Crippen LogP contribution < -0.4 is 10.1 Å². The molecule has 0 fully saturated rings. The maximum Gasteiger partial charge on any atom is 0.141 e. The molecule has 1 heterocycles. The van der Waals surface area contributed by atoms with E-state index in [4.69, 9.17) is 4.74 Å². The molecule has 4 rings (SSSR count). The first-order chi connectivity index (χ1) is 13.1. The number of halogens is 1. The van der Waals surface area contributed by atoms with Gasteiger partial charge in [0.25, 0.3) is 0 Å². The zero-order chi connectivity index (χ0) is 18.8. The average molecular weight is 420 g/mol. The number of hydrogen-bond donors (Lipinski definition) is 1. The van der Waals surface area contributed by atoms with Gasteiger partial charge in [0.05, 0.1) is 11.2 Å². The highest BCUT2D eigenvalue weighted by molar-refractivity contribution is 9.10. The molecular weight excluding hydrogens is 402 g/mol. The summed E-state index contributed by atoms with van der Waals surface area (Å²) in [6.07, 6.45) is 1.58. The van der Waals surface area contributed by atoms with E-state index >= 15 is 0 Å². The van der Waals surface area contributed by atoms with E-state index in [0.29, 0.717) is 0 Å². The number of anilines is 2. The number of ether oxygens (including phenoxy) is 1. The Kier molecular flexibility index (Phi) is 4.77. The van der Waals surface area contributed by atoms with Gasteiger partial charge in [-0.1, -0.05) is 18.2 Å². The molecule has 134 valence electrons. The van der Waals surface area contributed by atoms with Crippen LogP contribution in [0.1, 0.15) is 11.1 Å². The van der Waals surface area contributed by atoms with E-state index < -0.39 is 0 Å². The van der Waals surface area contributed by atoms with Crippen molar-refractivity contribution in [1.29, 1.82) is 0 Å². The topological polar surface area (TPSA) is 47.0 Å². The Bertz CT molecular complexity index is 1110. The van der Waals surface area contributed by atoms with Crippen molar-refractivity contribution < 1.29 is 4.74 Å². The third-order valence-corrected chi connectivity index (χ3v) is 5.11. The van der Waals surface area contributed by atoms with Crippen LogP contribution in [0.25, 0.3) is 10.9 Å². The van der Waals surface area contributed by atoms with Crippen molar-refractivity contribution in [2.45, 2.75) is 13.8 Å². The molecule has 0 aliphatic rings. The maximum atomic E-state index is 5.94. The highest BCUT2D eigenvalue weighted by atomic mass is 79.9. The zero-order valence-corrected chi connectivity index (χ0v) is 16.6. The molecule has 0 amide bonds. The average Bonchev–Trinajstić information content (AvgIpc) is 2.67. The van der Waals surface area contributed by atoms with Gasteiger partial charge in [-0.05, 0) is 77.3 Å². The van der Waals surface area contributed by atoms with Crippen LogP contribution in [0.2, 0.25) is 0 Å². The number of fused-ring (bicyclic) bond motifs is 1. The van der Waals surface area contributed by atoms with Crippen LogP contribution in [0.3, 0.4) is 0 Å². The fraction of sp³-hybridized carbons (Fsp3) is 0.0909. The second kappa shape index (κ2) is 7.37. The van der Waals surface area contributed by atoms with Gasteiger partial charge in [-0.2, -0.15) is 0 Å². The Hall–Kier alpha value is -2.92. The molecular formula is C22H18BrN3O. The van der Waals surface area contributed by atoms with Gasteiger partial charge in [0.2, 0.25) is 0 Å². The first-order valence-corrected chi connectivity index (χ1v) is 9.41. The number of para-hydroxylation sites is 1. The fourth-order valence-corrected chi connectivity index (χ4v) is 3.18. The number of benzene rings is 3. The maximum absolute atomic E-state index is 5.94. The predicted octanol–water partition coefficient (Wildman–Crippen LogP) is 6.55. The van der Waals surface area contributed by atoms with Crippen LogP contribution in [0.15, 0.2) is 71.5 Å². The van der Waals surface area contributed by atoms with Gasteiger partial charge >= 0.3 is 0 Å². The minimum atomic E-state index is 0.747. The number of aryl methyl sites for hydroxylation is 2. The molecule has 0 aliphatic carbocycles. The predicted molar refractivity (Wildman–Crippen MR) is 113 cm³/mol. The number of nitrogens with zero attached hydrogens (tertiary/aromatic N) is 2. The SMILES string of the molecule is Cc1cc2ncnc(Nc3cc(Oc4ccccc4)ccc3Br)c2cc1C. The Morgan fingerprint density at radius 2 is 1.63 bits per heavy atom. The van der Waals surface area contributed by atoms with Crippen molar-refractivity contribution >= 4 is 38.3 Å². The van der Waals surface area contributed by atoms with Crippen molar-refractivity contribution in [3.63, 3.8) is 0 Å². The van der Waals surface area contributed by atoms with E-state index in [9.17, 15) is 0 Å². The first-order valence-electron chi connectivity index (χ1n) is 8.61. The minimum Gasteiger partial charge on any atom is -0.457 e. The quantitative estimate of drug-likeness (QED) is 0.407. The summed E-state index contributed by atoms with van der Waals surface area (Å²) in [6.45, 7) is 4.18. The summed E-state index contributed by atoms with van der Waals surface area (Å²) in [5.41, 5.74) is 4.22. The zero-order valence-electron chi connectivity index (χ0n) is 15.0. The molecule has 4 nitrogen and oxygen atoms in total. The van der Waals surface area contributed by atoms with Crippen molar-refractivity contribution in [3.05, 3.63) is 82.6 Å². The molecule has 0 bridgehead atoms. The number of hydrogen-bond acceptors (Lipinski definition) is 4. The third-order valence-electron chi connectivity index (χ3n) is 4.42. The number of aromatic nitrogens is 2. The molecule has 27 heavy (non-hydrogen) atoms. The van der Waals surface area contributed by atoms with E-state index in [1.807, 2.05) is 48.5 Å². The summed E-state index contributed by atoms with van der Waals surface area (Å²) in [4.78, 5) is 8.84. The highest BCUT2D eigenvalue weighted by Crippen LogP contribution is 2.33. The summed E-state index contributed by atoms with van der Waals surface area (Å²) in [7, 11) is 0. The molecule has 0 saturated heterocycles. The van der Waals surface area contributed by atoms with Crippen molar-refractivity contribution in [2.75, 3.05) is 5.32 Å². The summed E-state index contributed by atoms with van der Waals surface area (Å²) >= 11 is 3.60. The lowest BCUT2D eigenvalue weighted by Crippen LogP contribution is -1.98. The summed E-state index contributed by atoms with van der Waals surface area (Å²) in [6, 6.07) is 19.8. The minimum absolute atomic E-state index is 0.747. The molecule has 1 N–H and O–H groups in total. The molecule has 0 saturated carbocycles. The smallest absolute Gasteiger partial charge is 0.141 e. The Morgan fingerprint density at radius 3 is 2.44 bits per heavy atom. The molecule has 0 aliphatic heterocycles. The first kappa shape index (κ1) is 17.5. The summed E-state index contributed by atoms with van der Waals surface area (Å²) < 4.78 is 6.87. The van der Waals surface area contributed by atoms with Gasteiger partial charge in [-0.3, -0.25) is 0 Å². The van der Waals surface area contributed by atoms with Crippen LogP contribution >= 0.6 is 15.9 Å². The van der Waals surface area contributed by atoms with Crippen LogP contribution in [-0.2, 0) is 0 Å². The van der Waals surface area contributed by atoms with Crippen LogP contribution in [0.5, 0.6) is 11.5 Å². The normalized spacial score (nSPS) is 10.8. The van der Waals surface area contributed by atoms with Crippen LogP contribution in [0, 0.1) is 13.8 Å². The lowest BCUT2D eigenvalue weighted by Gasteiger charge is -2.13. The summed E-state index contributed by atoms with van der Waals surface area (Å²) in [5, 5.41) is 4.40. The lowest BCUT2D eigenvalue weighted by atomic mass is 10.1. The second-order valence-corrected chi connectivity index (χ2v) is 7.21. The standard InChI is InChI=1S/C22H18BrN3O/c1-14-10-18-20(11-15(14)2)24-13-25-22(18)26-21-12-17(8-9-19(21)23)27-16-6-4-3-5-7-16/h3-13H,1-2H3,(H,24,25,26). The highest BCUT2D eigenvalue weighted by Gasteiger charge is 2.09. The Balaban J connectivity index is 1.69. The molecule has 3 aromatic carbocycles. The van der Waals surface area contributed by atoms with E-state index in [1.165, 1.54) is 11.1 Å². The summed E-state index contributed by atoms with van der Waals surface area (Å²) in [5.74, 6) is 2.31. The fourth-order valence-electron chi connectivity index (χ4n) is 2.83. The largest absolute Gasteiger partial charge is 0.457 e. The molecule has 0 unspecified atom stereocenters. The Morgan fingerprint density at radius 1 is 0.852 bits per heavy atom. The molecule has 4 aromatic rings. The van der Waals surface area contributed by atoms with E-state index in [1.54, 1.807) is 6.33 Å². The third kappa shape index (κ3) is 3.78. The molecule has 1 aromatic heterocycles. The van der Waals surface area contributed by atoms with Crippen molar-refractivity contribution in [3.8, 4) is 11.5 Å². The van der Waals surface area contributed by atoms with E-state index in [2.05, 4.69) is 57.2 Å². The molecule has 0 spiro atoms. The molecule has 0 radical (unpaired) electrons. The van der Waals surface area contributed by atoms with Gasteiger partial charge in [0.1, 0.15) is 23.6 Å². The van der Waals surface area contributed by atoms with Gasteiger partial charge < -0.3 is 10.1 Å². The number of nitrogens with one attached hydrogen (secondary N) is 1. The van der Waals surface area contributed by atoms with E-state index in [-0.39, 0.29) is 0 Å². The second-order valence-electron chi connectivity index (χ2n) is 6.36. The van der Waals surface area contributed by atoms with Crippen molar-refractivity contribution in [2.24, 2.45) is 0 Å². The van der Waals surface area contributed by atoms with Gasteiger partial charge in [-0.25, -0.2) is 9.97 Å². The van der Waals surface area contributed by atoms with Gasteiger partial charge in [-0.15, -0.1) is 0 Å². The monoisotopic (exact) mass is 419 g/mol. The van der Waals surface area contributed by atoms with Gasteiger partial charge in [0, 0.05) is 15.9 Å².